The minimum Gasteiger partial charge on any atom is -0.381 e. The van der Waals surface area contributed by atoms with Gasteiger partial charge in [-0.15, -0.1) is 0 Å². The van der Waals surface area contributed by atoms with Crippen LogP contribution < -0.4 is 10.0 Å². The molecule has 1 amide bonds. The molecule has 2 aromatic carbocycles. The molecular weight excluding hydrogens is 388 g/mol. The quantitative estimate of drug-likeness (QED) is 0.753. The Morgan fingerprint density at radius 1 is 1.07 bits per heavy atom. The van der Waals surface area contributed by atoms with Gasteiger partial charge in [-0.25, -0.2) is 13.1 Å². The SMILES string of the molecule is Cc1cc(S(=O)(=O)NC(C)C2CCOCC2)ccc1NC(=O)c1ccccc1C. The van der Waals surface area contributed by atoms with E-state index in [1.54, 1.807) is 25.1 Å². The summed E-state index contributed by atoms with van der Waals surface area (Å²) >= 11 is 0. The van der Waals surface area contributed by atoms with Crippen molar-refractivity contribution in [3.63, 3.8) is 0 Å². The fourth-order valence-electron chi connectivity index (χ4n) is 3.59. The van der Waals surface area contributed by atoms with Crippen molar-refractivity contribution >= 4 is 21.6 Å². The monoisotopic (exact) mass is 416 g/mol. The summed E-state index contributed by atoms with van der Waals surface area (Å²) in [5.74, 6) is 0.0559. The maximum atomic E-state index is 12.8. The fraction of sp³-hybridized carbons (Fsp3) is 0.409. The van der Waals surface area contributed by atoms with E-state index in [0.29, 0.717) is 30.0 Å². The lowest BCUT2D eigenvalue weighted by molar-refractivity contribution is 0.0585. The Hall–Kier alpha value is -2.22. The van der Waals surface area contributed by atoms with Gasteiger partial charge in [-0.1, -0.05) is 18.2 Å². The van der Waals surface area contributed by atoms with E-state index < -0.39 is 10.0 Å². The van der Waals surface area contributed by atoms with Gasteiger partial charge >= 0.3 is 0 Å². The van der Waals surface area contributed by atoms with E-state index in [-0.39, 0.29) is 22.8 Å². The normalized spacial score (nSPS) is 16.4. The van der Waals surface area contributed by atoms with Crippen molar-refractivity contribution in [3.8, 4) is 0 Å². The molecule has 7 heteroatoms. The molecule has 0 spiro atoms. The largest absolute Gasteiger partial charge is 0.381 e. The Balaban J connectivity index is 1.72. The molecule has 0 aromatic heterocycles. The summed E-state index contributed by atoms with van der Waals surface area (Å²) in [5.41, 5.74) is 2.76. The van der Waals surface area contributed by atoms with Crippen LogP contribution in [0.5, 0.6) is 0 Å². The summed E-state index contributed by atoms with van der Waals surface area (Å²) in [6.07, 6.45) is 1.71. The fourth-order valence-corrected chi connectivity index (χ4v) is 4.98. The lowest BCUT2D eigenvalue weighted by atomic mass is 9.94. The second-order valence-corrected chi connectivity index (χ2v) is 9.32. The average molecular weight is 417 g/mol. The summed E-state index contributed by atoms with van der Waals surface area (Å²) in [5, 5.41) is 2.87. The first-order valence-electron chi connectivity index (χ1n) is 9.85. The van der Waals surface area contributed by atoms with E-state index in [1.807, 2.05) is 32.0 Å². The molecule has 1 heterocycles. The number of anilines is 1. The van der Waals surface area contributed by atoms with Gasteiger partial charge in [0.15, 0.2) is 0 Å². The van der Waals surface area contributed by atoms with Gasteiger partial charge in [-0.3, -0.25) is 4.79 Å². The number of hydrogen-bond donors (Lipinski definition) is 2. The highest BCUT2D eigenvalue weighted by molar-refractivity contribution is 7.89. The Kier molecular flexibility index (Phi) is 6.72. The molecule has 6 nitrogen and oxygen atoms in total. The first-order chi connectivity index (χ1) is 13.8. The first kappa shape index (κ1) is 21.5. The standard InChI is InChI=1S/C22H28N2O4S/c1-15-6-4-5-7-20(15)22(25)23-21-9-8-19(14-16(21)2)29(26,27)24-17(3)18-10-12-28-13-11-18/h4-9,14,17-18,24H,10-13H2,1-3H3,(H,23,25). The van der Waals surface area contributed by atoms with Crippen molar-refractivity contribution in [1.82, 2.24) is 4.72 Å². The highest BCUT2D eigenvalue weighted by atomic mass is 32.2. The molecule has 1 atom stereocenters. The van der Waals surface area contributed by atoms with Crippen LogP contribution in [0.4, 0.5) is 5.69 Å². The van der Waals surface area contributed by atoms with Gasteiger partial charge in [0.2, 0.25) is 10.0 Å². The number of benzene rings is 2. The van der Waals surface area contributed by atoms with E-state index in [2.05, 4.69) is 10.0 Å². The summed E-state index contributed by atoms with van der Waals surface area (Å²) < 4.78 is 33.8. The van der Waals surface area contributed by atoms with E-state index in [9.17, 15) is 13.2 Å². The molecule has 0 bridgehead atoms. The molecule has 0 radical (unpaired) electrons. The number of nitrogens with one attached hydrogen (secondary N) is 2. The highest BCUT2D eigenvalue weighted by Gasteiger charge is 2.26. The van der Waals surface area contributed by atoms with E-state index in [4.69, 9.17) is 4.74 Å². The summed E-state index contributed by atoms with van der Waals surface area (Å²) in [6, 6.07) is 11.9. The predicted octanol–water partition coefficient (Wildman–Crippen LogP) is 3.65. The van der Waals surface area contributed by atoms with Gasteiger partial charge in [0.05, 0.1) is 4.90 Å². The zero-order chi connectivity index (χ0) is 21.0. The maximum absolute atomic E-state index is 12.8. The third-order valence-electron chi connectivity index (χ3n) is 5.46. The molecule has 156 valence electrons. The van der Waals surface area contributed by atoms with E-state index in [1.165, 1.54) is 6.07 Å². The van der Waals surface area contributed by atoms with Gasteiger partial charge in [0, 0.05) is 30.5 Å². The number of amides is 1. The van der Waals surface area contributed by atoms with Crippen molar-refractivity contribution in [2.45, 2.75) is 44.6 Å². The van der Waals surface area contributed by atoms with Crippen LogP contribution >= 0.6 is 0 Å². The number of sulfonamides is 1. The molecule has 1 unspecified atom stereocenters. The Morgan fingerprint density at radius 3 is 2.41 bits per heavy atom. The summed E-state index contributed by atoms with van der Waals surface area (Å²) in [7, 11) is -3.64. The van der Waals surface area contributed by atoms with Crippen LogP contribution in [0.3, 0.4) is 0 Å². The minimum absolute atomic E-state index is 0.162. The third kappa shape index (κ3) is 5.23. The van der Waals surface area contributed by atoms with Crippen molar-refractivity contribution in [2.24, 2.45) is 5.92 Å². The topological polar surface area (TPSA) is 84.5 Å². The summed E-state index contributed by atoms with van der Waals surface area (Å²) in [6.45, 7) is 6.91. The maximum Gasteiger partial charge on any atom is 0.255 e. The lowest BCUT2D eigenvalue weighted by Crippen LogP contribution is -2.40. The molecule has 2 aromatic rings. The Labute approximate surface area is 172 Å². The molecule has 1 aliphatic rings. The van der Waals surface area contributed by atoms with Crippen molar-refractivity contribution in [3.05, 3.63) is 59.2 Å². The van der Waals surface area contributed by atoms with Crippen molar-refractivity contribution in [1.29, 1.82) is 0 Å². The number of aryl methyl sites for hydroxylation is 2. The molecule has 1 aliphatic heterocycles. The molecule has 1 fully saturated rings. The van der Waals surface area contributed by atoms with Crippen LogP contribution in [-0.4, -0.2) is 33.6 Å². The number of hydrogen-bond acceptors (Lipinski definition) is 4. The second-order valence-electron chi connectivity index (χ2n) is 7.61. The smallest absolute Gasteiger partial charge is 0.255 e. The first-order valence-corrected chi connectivity index (χ1v) is 11.3. The van der Waals surface area contributed by atoms with Crippen LogP contribution in [0.15, 0.2) is 47.4 Å². The minimum atomic E-state index is -3.64. The van der Waals surface area contributed by atoms with Crippen molar-refractivity contribution < 1.29 is 17.9 Å². The molecule has 0 saturated carbocycles. The predicted molar refractivity (Wildman–Crippen MR) is 114 cm³/mol. The Morgan fingerprint density at radius 2 is 1.76 bits per heavy atom. The Bertz CT molecular complexity index is 982. The zero-order valence-corrected chi connectivity index (χ0v) is 17.9. The van der Waals surface area contributed by atoms with Gasteiger partial charge in [-0.2, -0.15) is 0 Å². The molecule has 0 aliphatic carbocycles. The van der Waals surface area contributed by atoms with Gasteiger partial charge in [-0.05, 0) is 74.9 Å². The van der Waals surface area contributed by atoms with Gasteiger partial charge in [0.1, 0.15) is 0 Å². The zero-order valence-electron chi connectivity index (χ0n) is 17.1. The van der Waals surface area contributed by atoms with Crippen molar-refractivity contribution in [2.75, 3.05) is 18.5 Å². The molecule has 1 saturated heterocycles. The van der Waals surface area contributed by atoms with Crippen LogP contribution in [-0.2, 0) is 14.8 Å². The summed E-state index contributed by atoms with van der Waals surface area (Å²) in [4.78, 5) is 12.7. The number of carbonyl (C=O) groups is 1. The number of carbonyl (C=O) groups excluding carboxylic acids is 1. The van der Waals surface area contributed by atoms with Gasteiger partial charge in [0.25, 0.3) is 5.91 Å². The number of rotatable bonds is 6. The number of ether oxygens (including phenoxy) is 1. The van der Waals surface area contributed by atoms with Gasteiger partial charge < -0.3 is 10.1 Å². The highest BCUT2D eigenvalue weighted by Crippen LogP contribution is 2.23. The van der Waals surface area contributed by atoms with Crippen LogP contribution in [0.25, 0.3) is 0 Å². The lowest BCUT2D eigenvalue weighted by Gasteiger charge is -2.28. The molecule has 2 N–H and O–H groups in total. The average Bonchev–Trinajstić information content (AvgIpc) is 2.70. The van der Waals surface area contributed by atoms with Crippen LogP contribution in [0.1, 0.15) is 41.3 Å². The third-order valence-corrected chi connectivity index (χ3v) is 7.02. The van der Waals surface area contributed by atoms with E-state index >= 15 is 0 Å². The molecule has 29 heavy (non-hydrogen) atoms. The van der Waals surface area contributed by atoms with Crippen LogP contribution in [0, 0.1) is 19.8 Å². The molecule has 3 rings (SSSR count). The van der Waals surface area contributed by atoms with E-state index in [0.717, 1.165) is 18.4 Å². The second kappa shape index (κ2) is 9.07. The molecular formula is C22H28N2O4S. The van der Waals surface area contributed by atoms with Crippen LogP contribution in [0.2, 0.25) is 0 Å².